The lowest BCUT2D eigenvalue weighted by Gasteiger charge is -2.12. The number of rotatable bonds is 4. The van der Waals surface area contributed by atoms with Crippen molar-refractivity contribution in [3.05, 3.63) is 78.6 Å². The molecule has 0 fully saturated rings. The summed E-state index contributed by atoms with van der Waals surface area (Å²) in [5.74, 6) is 7.35. The van der Waals surface area contributed by atoms with Crippen LogP contribution in [0.1, 0.15) is 11.6 Å². The summed E-state index contributed by atoms with van der Waals surface area (Å²) in [4.78, 5) is 4.86. The maximum absolute atomic E-state index is 6.10. The first-order valence-corrected chi connectivity index (χ1v) is 9.56. The molecular formula is C22H21N7O. The van der Waals surface area contributed by atoms with Gasteiger partial charge < -0.3 is 16.2 Å². The minimum absolute atomic E-state index is 0.0981. The Morgan fingerprint density at radius 3 is 2.70 bits per heavy atom. The predicted octanol–water partition coefficient (Wildman–Crippen LogP) is 2.57. The van der Waals surface area contributed by atoms with Crippen LogP contribution in [-0.2, 0) is 0 Å². The van der Waals surface area contributed by atoms with E-state index in [0.29, 0.717) is 18.1 Å². The van der Waals surface area contributed by atoms with Gasteiger partial charge in [-0.2, -0.15) is 0 Å². The molecule has 0 aliphatic carbocycles. The fourth-order valence-electron chi connectivity index (χ4n) is 3.67. The first-order valence-electron chi connectivity index (χ1n) is 9.56. The van der Waals surface area contributed by atoms with Gasteiger partial charge in [0.25, 0.3) is 0 Å². The van der Waals surface area contributed by atoms with Crippen LogP contribution >= 0.6 is 0 Å². The SMILES string of the molecule is N/C=C\N(N)c1ccc2nc(-c3ccc4c(c3)OCC4N)c(-c3ccccc3)n2n1. The third-order valence-corrected chi connectivity index (χ3v) is 5.13. The van der Waals surface area contributed by atoms with E-state index in [2.05, 4.69) is 0 Å². The lowest BCUT2D eigenvalue weighted by atomic mass is 10.0. The van der Waals surface area contributed by atoms with Crippen molar-refractivity contribution in [3.8, 4) is 28.3 Å². The number of hydrogen-bond acceptors (Lipinski definition) is 7. The summed E-state index contributed by atoms with van der Waals surface area (Å²) in [6.07, 6.45) is 2.90. The molecule has 2 aromatic carbocycles. The van der Waals surface area contributed by atoms with Crippen LogP contribution in [0, 0.1) is 0 Å². The number of nitrogens with two attached hydrogens (primary N) is 3. The zero-order valence-electron chi connectivity index (χ0n) is 16.1. The Balaban J connectivity index is 1.74. The Hall–Kier alpha value is -3.88. The molecule has 1 aliphatic rings. The van der Waals surface area contributed by atoms with Crippen molar-refractivity contribution >= 4 is 11.5 Å². The fourth-order valence-corrected chi connectivity index (χ4v) is 3.67. The Kier molecular flexibility index (Phi) is 4.35. The van der Waals surface area contributed by atoms with Gasteiger partial charge in [0.1, 0.15) is 18.1 Å². The number of anilines is 1. The fraction of sp³-hybridized carbons (Fsp3) is 0.0909. The number of benzene rings is 2. The Morgan fingerprint density at radius 1 is 1.07 bits per heavy atom. The van der Waals surface area contributed by atoms with E-state index in [9.17, 15) is 0 Å². The third-order valence-electron chi connectivity index (χ3n) is 5.13. The average molecular weight is 399 g/mol. The zero-order valence-corrected chi connectivity index (χ0v) is 16.1. The lowest BCUT2D eigenvalue weighted by molar-refractivity contribution is 0.333. The van der Waals surface area contributed by atoms with E-state index in [-0.39, 0.29) is 6.04 Å². The maximum atomic E-state index is 6.10. The molecule has 1 unspecified atom stereocenters. The second-order valence-corrected chi connectivity index (χ2v) is 7.06. The van der Waals surface area contributed by atoms with Gasteiger partial charge in [-0.15, -0.1) is 5.10 Å². The molecule has 0 saturated heterocycles. The molecule has 3 heterocycles. The van der Waals surface area contributed by atoms with Crippen molar-refractivity contribution in [2.75, 3.05) is 11.6 Å². The van der Waals surface area contributed by atoms with Crippen LogP contribution in [0.25, 0.3) is 28.2 Å². The van der Waals surface area contributed by atoms with Gasteiger partial charge in [0.05, 0.1) is 11.7 Å². The maximum Gasteiger partial charge on any atom is 0.167 e. The van der Waals surface area contributed by atoms with Crippen molar-refractivity contribution in [1.29, 1.82) is 0 Å². The summed E-state index contributed by atoms with van der Waals surface area (Å²) < 4.78 is 7.55. The van der Waals surface area contributed by atoms with Gasteiger partial charge in [-0.1, -0.05) is 42.5 Å². The summed E-state index contributed by atoms with van der Waals surface area (Å²) in [7, 11) is 0. The highest BCUT2D eigenvalue weighted by Gasteiger charge is 2.23. The molecule has 8 nitrogen and oxygen atoms in total. The van der Waals surface area contributed by atoms with E-state index in [1.807, 2.05) is 54.6 Å². The van der Waals surface area contributed by atoms with E-state index in [1.165, 1.54) is 17.4 Å². The summed E-state index contributed by atoms with van der Waals surface area (Å²) in [5, 5.41) is 6.06. The van der Waals surface area contributed by atoms with Gasteiger partial charge in [-0.3, -0.25) is 5.01 Å². The average Bonchev–Trinajstić information content (AvgIpc) is 3.34. The van der Waals surface area contributed by atoms with Gasteiger partial charge in [0, 0.05) is 29.1 Å². The van der Waals surface area contributed by atoms with Crippen LogP contribution in [0.3, 0.4) is 0 Å². The molecule has 150 valence electrons. The Bertz CT molecular complexity index is 1250. The highest BCUT2D eigenvalue weighted by molar-refractivity contribution is 5.82. The minimum atomic E-state index is -0.0981. The van der Waals surface area contributed by atoms with Gasteiger partial charge in [-0.25, -0.2) is 15.3 Å². The summed E-state index contributed by atoms with van der Waals surface area (Å²) in [6, 6.07) is 19.6. The molecule has 2 aromatic heterocycles. The van der Waals surface area contributed by atoms with Crippen molar-refractivity contribution in [1.82, 2.24) is 14.6 Å². The largest absolute Gasteiger partial charge is 0.491 e. The number of hydrogen-bond donors (Lipinski definition) is 3. The summed E-state index contributed by atoms with van der Waals surface area (Å²) >= 11 is 0. The number of fused-ring (bicyclic) bond motifs is 2. The second kappa shape index (κ2) is 7.18. The highest BCUT2D eigenvalue weighted by atomic mass is 16.5. The Labute approximate surface area is 173 Å². The van der Waals surface area contributed by atoms with Crippen LogP contribution in [0.4, 0.5) is 5.82 Å². The molecule has 4 aromatic rings. The molecule has 5 rings (SSSR count). The summed E-state index contributed by atoms with van der Waals surface area (Å²) in [5.41, 5.74) is 16.9. The second-order valence-electron chi connectivity index (χ2n) is 7.06. The third kappa shape index (κ3) is 2.95. The molecule has 0 radical (unpaired) electrons. The molecule has 0 amide bonds. The van der Waals surface area contributed by atoms with Crippen LogP contribution in [0.5, 0.6) is 5.75 Å². The number of aromatic nitrogens is 3. The molecule has 6 N–H and O–H groups in total. The van der Waals surface area contributed by atoms with E-state index >= 15 is 0 Å². The van der Waals surface area contributed by atoms with E-state index in [4.69, 9.17) is 32.1 Å². The van der Waals surface area contributed by atoms with Crippen molar-refractivity contribution < 1.29 is 4.74 Å². The molecule has 0 saturated carbocycles. The molecular weight excluding hydrogens is 378 g/mol. The van der Waals surface area contributed by atoms with Crippen molar-refractivity contribution in [3.63, 3.8) is 0 Å². The molecule has 8 heteroatoms. The number of hydrazine groups is 1. The standard InChI is InChI=1S/C22H21N7O/c23-10-11-28(25)20-9-8-19-26-21(15-6-7-16-17(24)13-30-18(16)12-15)22(29(19)27-20)14-4-2-1-3-5-14/h1-12,17H,13,23-25H2/b11-10-. The van der Waals surface area contributed by atoms with Gasteiger partial charge in [-0.05, 0) is 18.2 Å². The van der Waals surface area contributed by atoms with E-state index < -0.39 is 0 Å². The van der Waals surface area contributed by atoms with Gasteiger partial charge in [0.2, 0.25) is 0 Å². The predicted molar refractivity (Wildman–Crippen MR) is 116 cm³/mol. The lowest BCUT2D eigenvalue weighted by Crippen LogP contribution is -2.26. The molecule has 1 aliphatic heterocycles. The topological polar surface area (TPSA) is 121 Å². The van der Waals surface area contributed by atoms with Crippen LogP contribution in [0.15, 0.2) is 73.1 Å². The smallest absolute Gasteiger partial charge is 0.167 e. The van der Waals surface area contributed by atoms with Crippen molar-refractivity contribution in [2.45, 2.75) is 6.04 Å². The van der Waals surface area contributed by atoms with E-state index in [1.54, 1.807) is 10.6 Å². The quantitative estimate of drug-likeness (QED) is 0.356. The van der Waals surface area contributed by atoms with Crippen LogP contribution in [0.2, 0.25) is 0 Å². The Morgan fingerprint density at radius 2 is 1.90 bits per heavy atom. The minimum Gasteiger partial charge on any atom is -0.491 e. The number of ether oxygens (including phenoxy) is 1. The summed E-state index contributed by atoms with van der Waals surface area (Å²) in [6.45, 7) is 0.488. The van der Waals surface area contributed by atoms with Gasteiger partial charge >= 0.3 is 0 Å². The van der Waals surface area contributed by atoms with E-state index in [0.717, 1.165) is 33.8 Å². The molecule has 0 bridgehead atoms. The van der Waals surface area contributed by atoms with Crippen LogP contribution < -0.4 is 27.1 Å². The van der Waals surface area contributed by atoms with Gasteiger partial charge in [0.15, 0.2) is 11.5 Å². The first kappa shape index (κ1) is 18.2. The normalized spacial score (nSPS) is 15.5. The number of imidazole rings is 1. The molecule has 30 heavy (non-hydrogen) atoms. The first-order chi connectivity index (χ1) is 14.7. The molecule has 0 spiro atoms. The zero-order chi connectivity index (χ0) is 20.7. The monoisotopic (exact) mass is 399 g/mol. The van der Waals surface area contributed by atoms with Crippen molar-refractivity contribution in [2.24, 2.45) is 17.3 Å². The van der Waals surface area contributed by atoms with Crippen LogP contribution in [-0.4, -0.2) is 21.2 Å². The number of nitrogens with zero attached hydrogens (tertiary/aromatic N) is 4. The molecule has 1 atom stereocenters. The highest BCUT2D eigenvalue weighted by Crippen LogP contribution is 2.38.